The van der Waals surface area contributed by atoms with E-state index in [2.05, 4.69) is 31.5 Å². The Kier molecular flexibility index (Phi) is 3.63. The van der Waals surface area contributed by atoms with Gasteiger partial charge in [0.25, 0.3) is 0 Å². The second-order valence-electron chi connectivity index (χ2n) is 3.59. The van der Waals surface area contributed by atoms with E-state index in [1.54, 1.807) is 18.2 Å². The van der Waals surface area contributed by atoms with Crippen molar-refractivity contribution in [2.75, 3.05) is 0 Å². The summed E-state index contributed by atoms with van der Waals surface area (Å²) in [6.45, 7) is 1.50. The summed E-state index contributed by atoms with van der Waals surface area (Å²) in [6, 6.07) is 4.27. The molecule has 2 aromatic rings. The zero-order valence-electron chi connectivity index (χ0n) is 9.21. The summed E-state index contributed by atoms with van der Waals surface area (Å²) >= 11 is 9.27. The van der Waals surface area contributed by atoms with Crippen LogP contribution in [0.25, 0.3) is 11.4 Å². The molecule has 0 saturated carbocycles. The molecule has 94 valence electrons. The fourth-order valence-electron chi connectivity index (χ4n) is 1.41. The lowest BCUT2D eigenvalue weighted by molar-refractivity contribution is -0.140. The van der Waals surface area contributed by atoms with Gasteiger partial charge in [-0.2, -0.15) is 0 Å². The summed E-state index contributed by atoms with van der Waals surface area (Å²) in [7, 11) is 0. The van der Waals surface area contributed by atoms with Crippen molar-refractivity contribution in [2.45, 2.75) is 13.0 Å². The number of halogens is 2. The zero-order valence-corrected chi connectivity index (χ0v) is 11.6. The van der Waals surface area contributed by atoms with E-state index in [1.165, 1.54) is 11.6 Å². The molecule has 0 fully saturated rings. The highest BCUT2D eigenvalue weighted by Gasteiger charge is 2.21. The molecular weight excluding hydrogens is 323 g/mol. The Hall–Kier alpha value is -1.47. The highest BCUT2D eigenvalue weighted by Crippen LogP contribution is 2.30. The van der Waals surface area contributed by atoms with Gasteiger partial charge in [-0.05, 0) is 35.5 Å². The number of hydrogen-bond donors (Lipinski definition) is 1. The standard InChI is InChI=1S/C10H8BrClN4O2/c1-5(10(17)18)16-9(13-14-15-16)7-4-6(12)2-3-8(7)11/h2-5H,1H3,(H,17,18). The molecule has 0 amide bonds. The number of benzene rings is 1. The van der Waals surface area contributed by atoms with Crippen LogP contribution < -0.4 is 0 Å². The quantitative estimate of drug-likeness (QED) is 0.934. The van der Waals surface area contributed by atoms with Crippen LogP contribution in [-0.4, -0.2) is 31.3 Å². The minimum absolute atomic E-state index is 0.347. The molecule has 6 nitrogen and oxygen atoms in total. The van der Waals surface area contributed by atoms with E-state index in [-0.39, 0.29) is 0 Å². The van der Waals surface area contributed by atoms with Crippen LogP contribution in [0, 0.1) is 0 Å². The van der Waals surface area contributed by atoms with E-state index in [1.807, 2.05) is 0 Å². The van der Waals surface area contributed by atoms with Crippen LogP contribution in [0.4, 0.5) is 0 Å². The first kappa shape index (κ1) is 13.0. The van der Waals surface area contributed by atoms with Crippen molar-refractivity contribution in [3.8, 4) is 11.4 Å². The van der Waals surface area contributed by atoms with E-state index < -0.39 is 12.0 Å². The third kappa shape index (κ3) is 2.37. The summed E-state index contributed by atoms with van der Waals surface area (Å²) in [6.07, 6.45) is 0. The Balaban J connectivity index is 2.55. The molecule has 1 aromatic carbocycles. The number of carbonyl (C=O) groups is 1. The van der Waals surface area contributed by atoms with Crippen LogP contribution in [0.2, 0.25) is 5.02 Å². The van der Waals surface area contributed by atoms with Crippen molar-refractivity contribution in [3.05, 3.63) is 27.7 Å². The Labute approximate surface area is 116 Å². The molecule has 0 aliphatic rings. The zero-order chi connectivity index (χ0) is 13.3. The Morgan fingerprint density at radius 3 is 2.94 bits per heavy atom. The lowest BCUT2D eigenvalue weighted by atomic mass is 10.2. The van der Waals surface area contributed by atoms with Crippen molar-refractivity contribution < 1.29 is 9.90 Å². The molecule has 1 heterocycles. The summed E-state index contributed by atoms with van der Waals surface area (Å²) in [5.41, 5.74) is 0.639. The van der Waals surface area contributed by atoms with Gasteiger partial charge in [0, 0.05) is 15.1 Å². The topological polar surface area (TPSA) is 80.9 Å². The van der Waals surface area contributed by atoms with Crippen molar-refractivity contribution in [2.24, 2.45) is 0 Å². The molecule has 1 atom stereocenters. The van der Waals surface area contributed by atoms with E-state index in [9.17, 15) is 4.79 Å². The van der Waals surface area contributed by atoms with Gasteiger partial charge in [-0.25, -0.2) is 9.48 Å². The molecule has 1 unspecified atom stereocenters. The fraction of sp³-hybridized carbons (Fsp3) is 0.200. The molecule has 18 heavy (non-hydrogen) atoms. The largest absolute Gasteiger partial charge is 0.480 e. The second-order valence-corrected chi connectivity index (χ2v) is 4.88. The van der Waals surface area contributed by atoms with Crippen molar-refractivity contribution in [1.82, 2.24) is 20.2 Å². The van der Waals surface area contributed by atoms with E-state index in [0.717, 1.165) is 4.47 Å². The van der Waals surface area contributed by atoms with Gasteiger partial charge >= 0.3 is 5.97 Å². The minimum Gasteiger partial charge on any atom is -0.480 e. The van der Waals surface area contributed by atoms with Crippen molar-refractivity contribution in [3.63, 3.8) is 0 Å². The smallest absolute Gasteiger partial charge is 0.328 e. The summed E-state index contributed by atoms with van der Waals surface area (Å²) in [5, 5.41) is 20.6. The van der Waals surface area contributed by atoms with Crippen LogP contribution >= 0.6 is 27.5 Å². The average molecular weight is 332 g/mol. The van der Waals surface area contributed by atoms with Gasteiger partial charge in [-0.1, -0.05) is 27.5 Å². The first-order valence-corrected chi connectivity index (χ1v) is 6.14. The predicted molar refractivity (Wildman–Crippen MR) is 68.3 cm³/mol. The Bertz CT molecular complexity index is 601. The van der Waals surface area contributed by atoms with Gasteiger partial charge in [-0.15, -0.1) is 5.10 Å². The van der Waals surface area contributed by atoms with Crippen molar-refractivity contribution in [1.29, 1.82) is 0 Å². The number of carboxylic acid groups (broad SMARTS) is 1. The third-order valence-electron chi connectivity index (χ3n) is 2.39. The van der Waals surface area contributed by atoms with Gasteiger partial charge in [0.15, 0.2) is 11.9 Å². The SMILES string of the molecule is CC(C(=O)O)n1nnnc1-c1cc(Cl)ccc1Br. The first-order chi connectivity index (χ1) is 8.50. The first-order valence-electron chi connectivity index (χ1n) is 4.97. The second kappa shape index (κ2) is 5.03. The Morgan fingerprint density at radius 2 is 2.28 bits per heavy atom. The third-order valence-corrected chi connectivity index (χ3v) is 3.31. The number of aliphatic carboxylic acids is 1. The maximum atomic E-state index is 11.0. The fourth-order valence-corrected chi connectivity index (χ4v) is 2.00. The lowest BCUT2D eigenvalue weighted by Crippen LogP contribution is -2.18. The Morgan fingerprint density at radius 1 is 1.56 bits per heavy atom. The van der Waals surface area contributed by atoms with Crippen LogP contribution in [0.15, 0.2) is 22.7 Å². The monoisotopic (exact) mass is 330 g/mol. The summed E-state index contributed by atoms with van der Waals surface area (Å²) in [4.78, 5) is 11.0. The molecule has 0 bridgehead atoms. The van der Waals surface area contributed by atoms with E-state index >= 15 is 0 Å². The van der Waals surface area contributed by atoms with Gasteiger partial charge < -0.3 is 5.11 Å². The number of tetrazole rings is 1. The highest BCUT2D eigenvalue weighted by molar-refractivity contribution is 9.10. The molecule has 0 aliphatic heterocycles. The number of rotatable bonds is 3. The average Bonchev–Trinajstić information content (AvgIpc) is 2.80. The predicted octanol–water partition coefficient (Wildman–Crippen LogP) is 2.40. The van der Waals surface area contributed by atoms with Crippen LogP contribution in [0.5, 0.6) is 0 Å². The summed E-state index contributed by atoms with van der Waals surface area (Å²) < 4.78 is 1.97. The molecule has 0 spiro atoms. The normalized spacial score (nSPS) is 12.4. The van der Waals surface area contributed by atoms with E-state index in [0.29, 0.717) is 16.4 Å². The number of nitrogens with zero attached hydrogens (tertiary/aromatic N) is 4. The summed E-state index contributed by atoms with van der Waals surface area (Å²) in [5.74, 6) is -0.666. The molecular formula is C10H8BrClN4O2. The van der Waals surface area contributed by atoms with Crippen LogP contribution in [-0.2, 0) is 4.79 Å². The van der Waals surface area contributed by atoms with E-state index in [4.69, 9.17) is 16.7 Å². The number of aromatic nitrogens is 4. The van der Waals surface area contributed by atoms with Gasteiger partial charge in [-0.3, -0.25) is 0 Å². The minimum atomic E-state index is -1.01. The van der Waals surface area contributed by atoms with Gasteiger partial charge in [0.2, 0.25) is 0 Å². The number of hydrogen-bond acceptors (Lipinski definition) is 4. The molecule has 0 saturated heterocycles. The maximum absolute atomic E-state index is 11.0. The molecule has 0 aliphatic carbocycles. The lowest BCUT2D eigenvalue weighted by Gasteiger charge is -2.09. The molecule has 1 N–H and O–H groups in total. The molecule has 0 radical (unpaired) electrons. The molecule has 8 heteroatoms. The number of carboxylic acids is 1. The van der Waals surface area contributed by atoms with Crippen molar-refractivity contribution >= 4 is 33.5 Å². The van der Waals surface area contributed by atoms with Crippen LogP contribution in [0.3, 0.4) is 0 Å². The van der Waals surface area contributed by atoms with Crippen LogP contribution in [0.1, 0.15) is 13.0 Å². The molecule has 1 aromatic heterocycles. The van der Waals surface area contributed by atoms with Gasteiger partial charge in [0.05, 0.1) is 0 Å². The highest BCUT2D eigenvalue weighted by atomic mass is 79.9. The maximum Gasteiger partial charge on any atom is 0.328 e. The van der Waals surface area contributed by atoms with Gasteiger partial charge in [0.1, 0.15) is 0 Å². The molecule has 2 rings (SSSR count).